The lowest BCUT2D eigenvalue weighted by atomic mass is 10.0. The van der Waals surface area contributed by atoms with E-state index >= 15 is 0 Å². The van der Waals surface area contributed by atoms with Gasteiger partial charge < -0.3 is 33.8 Å². The Balaban J connectivity index is 5.17. The van der Waals surface area contributed by atoms with E-state index in [0.717, 1.165) is 114 Å². The first-order valence-electron chi connectivity index (χ1n) is 39.2. The van der Waals surface area contributed by atoms with Gasteiger partial charge in [0.15, 0.2) is 12.2 Å². The lowest BCUT2D eigenvalue weighted by molar-refractivity contribution is -0.161. The molecule has 0 heterocycles. The molecule has 0 aromatic rings. The topological polar surface area (TPSA) is 237 Å². The van der Waals surface area contributed by atoms with Crippen LogP contribution in [-0.4, -0.2) is 96.7 Å². The number of phosphoric acid groups is 2. The highest BCUT2D eigenvalue weighted by Crippen LogP contribution is 2.45. The van der Waals surface area contributed by atoms with Crippen LogP contribution in [-0.2, 0) is 65.4 Å². The Morgan fingerprint density at radius 1 is 0.263 bits per heavy atom. The second-order valence-electron chi connectivity index (χ2n) is 29.3. The maximum absolute atomic E-state index is 13.1. The van der Waals surface area contributed by atoms with Crippen molar-refractivity contribution < 1.29 is 80.2 Å². The number of rotatable bonds is 73. The molecular weight excluding hydrogens is 1250 g/mol. The Morgan fingerprint density at radius 3 is 0.653 bits per heavy atom. The molecule has 0 saturated heterocycles. The monoisotopic (exact) mass is 1400 g/mol. The summed E-state index contributed by atoms with van der Waals surface area (Å²) in [5.74, 6) is 0.870. The van der Waals surface area contributed by atoms with Crippen LogP contribution in [0.25, 0.3) is 0 Å². The number of ether oxygens (including phenoxy) is 4. The highest BCUT2D eigenvalue weighted by molar-refractivity contribution is 7.47. The molecule has 0 rings (SSSR count). The molecule has 0 aliphatic rings. The summed E-state index contributed by atoms with van der Waals surface area (Å²) in [5.41, 5.74) is 0. The summed E-state index contributed by atoms with van der Waals surface area (Å²) in [7, 11) is -9.91. The van der Waals surface area contributed by atoms with Gasteiger partial charge in [-0.2, -0.15) is 0 Å². The molecule has 564 valence electrons. The van der Waals surface area contributed by atoms with E-state index in [9.17, 15) is 43.2 Å². The highest BCUT2D eigenvalue weighted by atomic mass is 31.2. The maximum atomic E-state index is 13.1. The Kier molecular flexibility index (Phi) is 64.0. The molecule has 0 radical (unpaired) electrons. The molecule has 0 aliphatic heterocycles. The fourth-order valence-electron chi connectivity index (χ4n) is 11.6. The van der Waals surface area contributed by atoms with Crippen LogP contribution in [0.15, 0.2) is 0 Å². The minimum atomic E-state index is -4.96. The molecular formula is C76H148O17P2. The van der Waals surface area contributed by atoms with Crippen molar-refractivity contribution >= 4 is 39.5 Å². The lowest BCUT2D eigenvalue weighted by Gasteiger charge is -2.21. The molecule has 3 N–H and O–H groups in total. The first kappa shape index (κ1) is 93.1. The molecule has 19 heteroatoms. The average Bonchev–Trinajstić information content (AvgIpc) is 1.47. The minimum absolute atomic E-state index is 0.105. The number of aliphatic hydroxyl groups is 1. The van der Waals surface area contributed by atoms with E-state index in [-0.39, 0.29) is 25.7 Å². The van der Waals surface area contributed by atoms with Gasteiger partial charge in [-0.25, -0.2) is 9.13 Å². The molecule has 0 saturated carbocycles. The number of aliphatic hydroxyl groups excluding tert-OH is 1. The largest absolute Gasteiger partial charge is 0.472 e. The van der Waals surface area contributed by atoms with Crippen molar-refractivity contribution in [3.8, 4) is 0 Å². The number of hydrogen-bond donors (Lipinski definition) is 3. The van der Waals surface area contributed by atoms with Crippen LogP contribution < -0.4 is 0 Å². The molecule has 0 aliphatic carbocycles. The SMILES string of the molecule is CC(C)CCCCCCCCCCCCCCCCCCCCC(=O)O[C@H](COC(=O)CCCCCCCCC(C)C)COP(=O)(O)OCC(O)COP(=O)(O)OC[C@@H](COC(=O)CCCCCCCCCCCCC(C)C)OC(=O)CCCCCCCCCCCC(C)C. The van der Waals surface area contributed by atoms with Crippen molar-refractivity contribution in [2.45, 2.75) is 401 Å². The van der Waals surface area contributed by atoms with E-state index in [2.05, 4.69) is 55.4 Å². The normalized spacial score (nSPS) is 14.1. The van der Waals surface area contributed by atoms with Gasteiger partial charge in [0.1, 0.15) is 19.3 Å². The third-order valence-electron chi connectivity index (χ3n) is 17.6. The van der Waals surface area contributed by atoms with Gasteiger partial charge >= 0.3 is 39.5 Å². The van der Waals surface area contributed by atoms with Gasteiger partial charge in [-0.15, -0.1) is 0 Å². The first-order chi connectivity index (χ1) is 45.6. The van der Waals surface area contributed by atoms with Crippen LogP contribution in [0.1, 0.15) is 383 Å². The highest BCUT2D eigenvalue weighted by Gasteiger charge is 2.30. The number of unbranched alkanes of at least 4 members (excludes halogenated alkanes) is 39. The predicted octanol–water partition coefficient (Wildman–Crippen LogP) is 22.0. The lowest BCUT2D eigenvalue weighted by Crippen LogP contribution is -2.30. The Labute approximate surface area is 581 Å². The van der Waals surface area contributed by atoms with E-state index < -0.39 is 97.5 Å². The molecule has 0 amide bonds. The van der Waals surface area contributed by atoms with Crippen molar-refractivity contribution in [1.29, 1.82) is 0 Å². The second-order valence-corrected chi connectivity index (χ2v) is 32.2. The van der Waals surface area contributed by atoms with Gasteiger partial charge in [0, 0.05) is 25.7 Å². The molecule has 0 aromatic carbocycles. The van der Waals surface area contributed by atoms with Crippen molar-refractivity contribution in [3.05, 3.63) is 0 Å². The van der Waals surface area contributed by atoms with Crippen LogP contribution in [0.5, 0.6) is 0 Å². The first-order valence-corrected chi connectivity index (χ1v) is 42.2. The Bertz CT molecular complexity index is 1870. The van der Waals surface area contributed by atoms with Gasteiger partial charge in [-0.3, -0.25) is 37.3 Å². The maximum Gasteiger partial charge on any atom is 0.472 e. The molecule has 3 unspecified atom stereocenters. The zero-order chi connectivity index (χ0) is 70.3. The fraction of sp³-hybridized carbons (Fsp3) is 0.947. The van der Waals surface area contributed by atoms with E-state index in [1.165, 1.54) is 180 Å². The van der Waals surface area contributed by atoms with E-state index in [1.54, 1.807) is 0 Å². The van der Waals surface area contributed by atoms with Gasteiger partial charge in [0.25, 0.3) is 0 Å². The number of carbonyl (C=O) groups excluding carboxylic acids is 4. The van der Waals surface area contributed by atoms with Crippen molar-refractivity contribution in [2.24, 2.45) is 23.7 Å². The molecule has 0 spiro atoms. The molecule has 0 fully saturated rings. The molecule has 95 heavy (non-hydrogen) atoms. The van der Waals surface area contributed by atoms with Gasteiger partial charge in [0.05, 0.1) is 26.4 Å². The van der Waals surface area contributed by atoms with E-state index in [1.807, 2.05) is 0 Å². The summed E-state index contributed by atoms with van der Waals surface area (Å²) in [4.78, 5) is 72.7. The fourth-order valence-corrected chi connectivity index (χ4v) is 13.1. The summed E-state index contributed by atoms with van der Waals surface area (Å²) in [5, 5.41) is 10.6. The quantitative estimate of drug-likeness (QED) is 0.0222. The third-order valence-corrected chi connectivity index (χ3v) is 19.5. The van der Waals surface area contributed by atoms with Crippen LogP contribution in [0.4, 0.5) is 0 Å². The number of phosphoric ester groups is 2. The number of esters is 4. The minimum Gasteiger partial charge on any atom is -0.462 e. The zero-order valence-corrected chi connectivity index (χ0v) is 64.1. The summed E-state index contributed by atoms with van der Waals surface area (Å²) < 4.78 is 68.5. The number of hydrogen-bond acceptors (Lipinski definition) is 15. The third kappa shape index (κ3) is 70.3. The second kappa shape index (κ2) is 65.4. The molecule has 5 atom stereocenters. The molecule has 17 nitrogen and oxygen atoms in total. The van der Waals surface area contributed by atoms with Gasteiger partial charge in [0.2, 0.25) is 0 Å². The van der Waals surface area contributed by atoms with Crippen LogP contribution in [0, 0.1) is 23.7 Å². The van der Waals surface area contributed by atoms with Crippen LogP contribution in [0.3, 0.4) is 0 Å². The summed E-state index contributed by atoms with van der Waals surface area (Å²) in [6.07, 6.45) is 50.2. The smallest absolute Gasteiger partial charge is 0.462 e. The standard InChI is InChI=1S/C76H148O17P2/c1-66(2)52-44-36-28-22-17-15-13-11-9-10-12-14-16-18-26-32-42-50-58-75(80)93-72(63-87-74(79)57-49-41-35-34-39-47-55-69(7)8)65-91-95(84,85)89-61-70(77)60-88-94(82,83)90-64-71(92-76(81)59-51-43-33-27-21-24-30-38-46-54-68(5)6)62-86-73(78)56-48-40-31-25-20-19-23-29-37-45-53-67(3)4/h66-72,77H,9-65H2,1-8H3,(H,82,83)(H,84,85)/t70?,71-,72-/m1/s1. The molecule has 0 aromatic heterocycles. The predicted molar refractivity (Wildman–Crippen MR) is 386 cm³/mol. The van der Waals surface area contributed by atoms with E-state index in [0.29, 0.717) is 31.6 Å². The van der Waals surface area contributed by atoms with Crippen molar-refractivity contribution in [1.82, 2.24) is 0 Å². The van der Waals surface area contributed by atoms with Gasteiger partial charge in [-0.05, 0) is 49.4 Å². The summed E-state index contributed by atoms with van der Waals surface area (Å²) >= 11 is 0. The van der Waals surface area contributed by atoms with Crippen LogP contribution in [0.2, 0.25) is 0 Å². The number of carbonyl (C=O) groups is 4. The average molecular weight is 1400 g/mol. The Morgan fingerprint density at radius 2 is 0.442 bits per heavy atom. The van der Waals surface area contributed by atoms with E-state index in [4.69, 9.17) is 37.0 Å². The Hall–Kier alpha value is -1.94. The zero-order valence-electron chi connectivity index (χ0n) is 62.3. The summed E-state index contributed by atoms with van der Waals surface area (Å²) in [6.45, 7) is 14.1. The van der Waals surface area contributed by atoms with Gasteiger partial charge in [-0.1, -0.05) is 331 Å². The van der Waals surface area contributed by atoms with Crippen molar-refractivity contribution in [2.75, 3.05) is 39.6 Å². The molecule has 0 bridgehead atoms. The summed E-state index contributed by atoms with van der Waals surface area (Å²) in [6, 6.07) is 0. The van der Waals surface area contributed by atoms with Crippen molar-refractivity contribution in [3.63, 3.8) is 0 Å². The van der Waals surface area contributed by atoms with Crippen LogP contribution >= 0.6 is 15.6 Å².